The maximum atomic E-state index is 11.7. The topological polar surface area (TPSA) is 58.2 Å². The first-order valence-corrected chi connectivity index (χ1v) is 7.50. The molecular weight excluding hydrogens is 276 g/mol. The Morgan fingerprint density at radius 1 is 1.00 bits per heavy atom. The SMILES string of the molecule is CCCC(Nc1ccc2c(c1)C(=O)NC2=O)c1ccccc1. The van der Waals surface area contributed by atoms with Gasteiger partial charge in [0.1, 0.15) is 0 Å². The maximum absolute atomic E-state index is 11.7. The van der Waals surface area contributed by atoms with Gasteiger partial charge < -0.3 is 5.32 Å². The number of hydrogen-bond donors (Lipinski definition) is 2. The first kappa shape index (κ1) is 14.3. The third-order valence-corrected chi connectivity index (χ3v) is 3.86. The highest BCUT2D eigenvalue weighted by Crippen LogP contribution is 2.26. The van der Waals surface area contributed by atoms with Crippen LogP contribution in [-0.4, -0.2) is 11.8 Å². The lowest BCUT2D eigenvalue weighted by Crippen LogP contribution is -2.19. The highest BCUT2D eigenvalue weighted by molar-refractivity contribution is 6.21. The van der Waals surface area contributed by atoms with E-state index >= 15 is 0 Å². The standard InChI is InChI=1S/C18H18N2O2/c1-2-6-16(12-7-4-3-5-8-12)19-13-9-10-14-15(11-13)18(22)20-17(14)21/h3-5,7-11,16,19H,2,6H2,1H3,(H,20,21,22). The fraction of sp³-hybridized carbons (Fsp3) is 0.222. The van der Waals surface area contributed by atoms with Gasteiger partial charge in [-0.25, -0.2) is 0 Å². The van der Waals surface area contributed by atoms with Crippen LogP contribution in [0.15, 0.2) is 48.5 Å². The molecule has 3 rings (SSSR count). The molecule has 1 unspecified atom stereocenters. The van der Waals surface area contributed by atoms with Crippen LogP contribution in [0.5, 0.6) is 0 Å². The summed E-state index contributed by atoms with van der Waals surface area (Å²) in [5.74, 6) is -0.643. The van der Waals surface area contributed by atoms with Gasteiger partial charge in [-0.1, -0.05) is 43.7 Å². The normalized spacial score (nSPS) is 14.4. The summed E-state index contributed by atoms with van der Waals surface area (Å²) >= 11 is 0. The van der Waals surface area contributed by atoms with Crippen molar-refractivity contribution in [2.75, 3.05) is 5.32 Å². The van der Waals surface area contributed by atoms with E-state index in [4.69, 9.17) is 0 Å². The Labute approximate surface area is 129 Å². The van der Waals surface area contributed by atoms with Crippen molar-refractivity contribution < 1.29 is 9.59 Å². The summed E-state index contributed by atoms with van der Waals surface area (Å²) in [7, 11) is 0. The van der Waals surface area contributed by atoms with Crippen molar-refractivity contribution in [1.82, 2.24) is 5.32 Å². The highest BCUT2D eigenvalue weighted by atomic mass is 16.2. The minimum Gasteiger partial charge on any atom is -0.378 e. The van der Waals surface area contributed by atoms with Crippen LogP contribution in [0.1, 0.15) is 52.1 Å². The van der Waals surface area contributed by atoms with Gasteiger partial charge in [-0.05, 0) is 30.2 Å². The molecule has 1 atom stereocenters. The first-order chi connectivity index (χ1) is 10.7. The molecule has 0 aliphatic carbocycles. The second-order valence-corrected chi connectivity index (χ2v) is 5.44. The van der Waals surface area contributed by atoms with Crippen molar-refractivity contribution in [2.45, 2.75) is 25.8 Å². The number of imide groups is 1. The van der Waals surface area contributed by atoms with Crippen LogP contribution < -0.4 is 10.6 Å². The zero-order chi connectivity index (χ0) is 15.5. The minimum absolute atomic E-state index is 0.185. The van der Waals surface area contributed by atoms with E-state index in [-0.39, 0.29) is 17.9 Å². The molecule has 1 aliphatic heterocycles. The summed E-state index contributed by atoms with van der Waals surface area (Å²) in [5.41, 5.74) is 2.96. The van der Waals surface area contributed by atoms with Crippen LogP contribution in [0, 0.1) is 0 Å². The number of carbonyl (C=O) groups excluding carboxylic acids is 2. The van der Waals surface area contributed by atoms with Crippen LogP contribution in [0.2, 0.25) is 0 Å². The lowest BCUT2D eigenvalue weighted by molar-refractivity contribution is 0.0879. The Kier molecular flexibility index (Phi) is 3.92. The van der Waals surface area contributed by atoms with Crippen molar-refractivity contribution in [3.8, 4) is 0 Å². The molecule has 2 aromatic carbocycles. The van der Waals surface area contributed by atoms with Crippen molar-refractivity contribution in [3.05, 3.63) is 65.2 Å². The molecule has 0 aromatic heterocycles. The number of nitrogens with one attached hydrogen (secondary N) is 2. The minimum atomic E-state index is -0.324. The number of hydrogen-bond acceptors (Lipinski definition) is 3. The van der Waals surface area contributed by atoms with E-state index in [1.165, 1.54) is 5.56 Å². The molecule has 0 bridgehead atoms. The highest BCUT2D eigenvalue weighted by Gasteiger charge is 2.26. The molecule has 4 nitrogen and oxygen atoms in total. The van der Waals surface area contributed by atoms with E-state index in [2.05, 4.69) is 29.7 Å². The molecule has 1 aliphatic rings. The molecule has 1 heterocycles. The largest absolute Gasteiger partial charge is 0.378 e. The third-order valence-electron chi connectivity index (χ3n) is 3.86. The number of anilines is 1. The summed E-state index contributed by atoms with van der Waals surface area (Å²) in [6, 6.07) is 15.7. The van der Waals surface area contributed by atoms with Gasteiger partial charge >= 0.3 is 0 Å². The molecule has 0 radical (unpaired) electrons. The number of benzene rings is 2. The van der Waals surface area contributed by atoms with Crippen molar-refractivity contribution in [1.29, 1.82) is 0 Å². The molecule has 2 N–H and O–H groups in total. The van der Waals surface area contributed by atoms with E-state index in [9.17, 15) is 9.59 Å². The number of rotatable bonds is 5. The van der Waals surface area contributed by atoms with Gasteiger partial charge in [-0.2, -0.15) is 0 Å². The van der Waals surface area contributed by atoms with Crippen molar-refractivity contribution in [3.63, 3.8) is 0 Å². The maximum Gasteiger partial charge on any atom is 0.259 e. The Bertz CT molecular complexity index is 710. The van der Waals surface area contributed by atoms with Crippen LogP contribution >= 0.6 is 0 Å². The molecule has 0 fully saturated rings. The van der Waals surface area contributed by atoms with E-state index in [1.807, 2.05) is 24.3 Å². The predicted molar refractivity (Wildman–Crippen MR) is 86.0 cm³/mol. The molecule has 22 heavy (non-hydrogen) atoms. The second-order valence-electron chi connectivity index (χ2n) is 5.44. The van der Waals surface area contributed by atoms with E-state index in [1.54, 1.807) is 12.1 Å². The Morgan fingerprint density at radius 2 is 1.73 bits per heavy atom. The van der Waals surface area contributed by atoms with Crippen LogP contribution in [-0.2, 0) is 0 Å². The summed E-state index contributed by atoms with van der Waals surface area (Å²) in [6.45, 7) is 2.15. The molecular formula is C18H18N2O2. The molecule has 0 saturated heterocycles. The fourth-order valence-electron chi connectivity index (χ4n) is 2.76. The number of carbonyl (C=O) groups is 2. The van der Waals surface area contributed by atoms with E-state index in [0.717, 1.165) is 18.5 Å². The fourth-order valence-corrected chi connectivity index (χ4v) is 2.76. The summed E-state index contributed by atoms with van der Waals surface area (Å²) < 4.78 is 0. The quantitative estimate of drug-likeness (QED) is 0.829. The number of amides is 2. The van der Waals surface area contributed by atoms with Gasteiger partial charge in [0, 0.05) is 5.69 Å². The molecule has 4 heteroatoms. The van der Waals surface area contributed by atoms with E-state index in [0.29, 0.717) is 11.1 Å². The summed E-state index contributed by atoms with van der Waals surface area (Å²) in [6.07, 6.45) is 2.04. The van der Waals surface area contributed by atoms with Crippen molar-refractivity contribution >= 4 is 17.5 Å². The van der Waals surface area contributed by atoms with Gasteiger partial charge in [-0.3, -0.25) is 14.9 Å². The third kappa shape index (κ3) is 2.72. The molecule has 0 saturated carbocycles. The lowest BCUT2D eigenvalue weighted by atomic mass is 10.0. The molecule has 2 amide bonds. The summed E-state index contributed by atoms with van der Waals surface area (Å²) in [5, 5.41) is 5.78. The van der Waals surface area contributed by atoms with Crippen molar-refractivity contribution in [2.24, 2.45) is 0 Å². The Hall–Kier alpha value is -2.62. The first-order valence-electron chi connectivity index (χ1n) is 7.50. The Morgan fingerprint density at radius 3 is 2.45 bits per heavy atom. The van der Waals surface area contributed by atoms with Gasteiger partial charge in [0.05, 0.1) is 17.2 Å². The van der Waals surface area contributed by atoms with Crippen LogP contribution in [0.25, 0.3) is 0 Å². The average Bonchev–Trinajstić information content (AvgIpc) is 2.82. The van der Waals surface area contributed by atoms with Gasteiger partial charge in [0.15, 0.2) is 0 Å². The predicted octanol–water partition coefficient (Wildman–Crippen LogP) is 3.52. The average molecular weight is 294 g/mol. The zero-order valence-corrected chi connectivity index (χ0v) is 12.4. The monoisotopic (exact) mass is 294 g/mol. The Balaban J connectivity index is 1.87. The second kappa shape index (κ2) is 6.02. The zero-order valence-electron chi connectivity index (χ0n) is 12.4. The molecule has 0 spiro atoms. The molecule has 112 valence electrons. The van der Waals surface area contributed by atoms with Gasteiger partial charge in [0.2, 0.25) is 0 Å². The summed E-state index contributed by atoms with van der Waals surface area (Å²) in [4.78, 5) is 23.3. The van der Waals surface area contributed by atoms with Crippen LogP contribution in [0.4, 0.5) is 5.69 Å². The van der Waals surface area contributed by atoms with Gasteiger partial charge in [0.25, 0.3) is 11.8 Å². The smallest absolute Gasteiger partial charge is 0.259 e. The van der Waals surface area contributed by atoms with Gasteiger partial charge in [-0.15, -0.1) is 0 Å². The number of fused-ring (bicyclic) bond motifs is 1. The lowest BCUT2D eigenvalue weighted by Gasteiger charge is -2.20. The molecule has 2 aromatic rings. The van der Waals surface area contributed by atoms with E-state index < -0.39 is 0 Å². The van der Waals surface area contributed by atoms with Crippen LogP contribution in [0.3, 0.4) is 0 Å².